The Kier molecular flexibility index (Phi) is 6.29. The molecule has 2 aromatic rings. The Hall–Kier alpha value is -2.24. The average molecular weight is 453 g/mol. The topological polar surface area (TPSA) is 86.8 Å². The summed E-state index contributed by atoms with van der Waals surface area (Å²) in [6, 6.07) is 2.35. The molecule has 1 fully saturated rings. The third kappa shape index (κ3) is 4.33. The lowest BCUT2D eigenvalue weighted by Gasteiger charge is -2.31. The van der Waals surface area contributed by atoms with Gasteiger partial charge in [-0.1, -0.05) is 13.3 Å². The number of carbonyl (C=O) groups excluding carboxylic acids is 1. The third-order valence-electron chi connectivity index (χ3n) is 7.25. The second kappa shape index (κ2) is 9.32. The summed E-state index contributed by atoms with van der Waals surface area (Å²) in [5.41, 5.74) is 1.85. The number of nitrogens with one attached hydrogen (secondary N) is 1. The van der Waals surface area contributed by atoms with Crippen molar-refractivity contribution in [1.82, 2.24) is 19.7 Å². The monoisotopic (exact) mass is 452 g/mol. The Morgan fingerprint density at radius 2 is 2.09 bits per heavy atom. The van der Waals surface area contributed by atoms with Crippen molar-refractivity contribution in [1.29, 1.82) is 5.26 Å². The van der Waals surface area contributed by atoms with Gasteiger partial charge in [0.15, 0.2) is 0 Å². The van der Waals surface area contributed by atoms with Crippen molar-refractivity contribution in [3.05, 3.63) is 27.7 Å². The number of aromatic nitrogens is 3. The summed E-state index contributed by atoms with van der Waals surface area (Å²) in [5.74, 6) is 3.20. The highest BCUT2D eigenvalue weighted by Gasteiger charge is 2.29. The lowest BCUT2D eigenvalue weighted by molar-refractivity contribution is -0.117. The van der Waals surface area contributed by atoms with E-state index in [0.717, 1.165) is 80.4 Å². The van der Waals surface area contributed by atoms with Crippen LogP contribution < -0.4 is 5.32 Å². The SMILES string of the molecule is CC1CCc2c(sc(NC(=O)CN3CCCC(c4nnc5n4CCCCC5)C3)c2C#N)C1. The quantitative estimate of drug-likeness (QED) is 0.761. The third-order valence-corrected chi connectivity index (χ3v) is 8.42. The number of rotatable bonds is 4. The van der Waals surface area contributed by atoms with Crippen LogP contribution in [0.5, 0.6) is 0 Å². The lowest BCUT2D eigenvalue weighted by Crippen LogP contribution is -2.40. The van der Waals surface area contributed by atoms with Gasteiger partial charge in [-0.15, -0.1) is 21.5 Å². The van der Waals surface area contributed by atoms with E-state index in [1.807, 2.05) is 0 Å². The van der Waals surface area contributed by atoms with E-state index in [0.29, 0.717) is 23.9 Å². The van der Waals surface area contributed by atoms with Crippen molar-refractivity contribution in [3.63, 3.8) is 0 Å². The van der Waals surface area contributed by atoms with Crippen molar-refractivity contribution in [3.8, 4) is 6.07 Å². The minimum atomic E-state index is -0.0196. The molecular formula is C24H32N6OS. The minimum absolute atomic E-state index is 0.0196. The van der Waals surface area contributed by atoms with Gasteiger partial charge in [-0.2, -0.15) is 5.26 Å². The molecule has 32 heavy (non-hydrogen) atoms. The largest absolute Gasteiger partial charge is 0.315 e. The zero-order chi connectivity index (χ0) is 22.1. The number of nitrogens with zero attached hydrogens (tertiary/aromatic N) is 5. The standard InChI is InChI=1S/C24H32N6OS/c1-16-8-9-18-19(13-25)24(32-20(18)12-16)26-22(31)15-29-10-5-6-17(14-29)23-28-27-21-7-3-2-4-11-30(21)23/h16-17H,2-12,14-15H2,1H3,(H,26,31). The summed E-state index contributed by atoms with van der Waals surface area (Å²) in [6.07, 6.45) is 9.93. The van der Waals surface area contributed by atoms with Crippen LogP contribution in [0, 0.1) is 17.2 Å². The van der Waals surface area contributed by atoms with E-state index in [1.165, 1.54) is 24.1 Å². The number of nitriles is 1. The van der Waals surface area contributed by atoms with E-state index in [1.54, 1.807) is 11.3 Å². The van der Waals surface area contributed by atoms with Gasteiger partial charge >= 0.3 is 0 Å². The number of carbonyl (C=O) groups is 1. The van der Waals surface area contributed by atoms with Crippen LogP contribution in [0.25, 0.3) is 0 Å². The molecule has 3 aliphatic rings. The summed E-state index contributed by atoms with van der Waals surface area (Å²) in [5, 5.41) is 22.6. The highest BCUT2D eigenvalue weighted by molar-refractivity contribution is 7.16. The zero-order valence-electron chi connectivity index (χ0n) is 18.9. The molecule has 2 atom stereocenters. The molecule has 2 unspecified atom stereocenters. The van der Waals surface area contributed by atoms with Crippen molar-refractivity contribution in [2.24, 2.45) is 5.92 Å². The average Bonchev–Trinajstić information content (AvgIpc) is 3.25. The van der Waals surface area contributed by atoms with Crippen molar-refractivity contribution in [2.75, 3.05) is 25.0 Å². The Morgan fingerprint density at radius 1 is 1.19 bits per heavy atom. The number of anilines is 1. The number of likely N-dealkylation sites (tertiary alicyclic amines) is 1. The first-order valence-electron chi connectivity index (χ1n) is 12.1. The first-order valence-corrected chi connectivity index (χ1v) is 12.9. The molecule has 1 N–H and O–H groups in total. The molecule has 1 saturated heterocycles. The van der Waals surface area contributed by atoms with Crippen LogP contribution in [0.3, 0.4) is 0 Å². The van der Waals surface area contributed by atoms with E-state index < -0.39 is 0 Å². The summed E-state index contributed by atoms with van der Waals surface area (Å²) in [6.45, 7) is 5.41. The number of thiophene rings is 1. The smallest absolute Gasteiger partial charge is 0.239 e. The molecule has 170 valence electrons. The van der Waals surface area contributed by atoms with Crippen molar-refractivity contribution in [2.45, 2.75) is 77.2 Å². The fourth-order valence-electron chi connectivity index (χ4n) is 5.55. The normalized spacial score (nSPS) is 23.6. The fourth-order valence-corrected chi connectivity index (χ4v) is 6.92. The number of amides is 1. The van der Waals surface area contributed by atoms with Gasteiger partial charge in [0, 0.05) is 30.3 Å². The lowest BCUT2D eigenvalue weighted by atomic mass is 9.89. The van der Waals surface area contributed by atoms with E-state index >= 15 is 0 Å². The molecule has 7 nitrogen and oxygen atoms in total. The Bertz CT molecular complexity index is 1030. The van der Waals surface area contributed by atoms with Gasteiger partial charge < -0.3 is 9.88 Å². The molecule has 1 aliphatic carbocycles. The second-order valence-electron chi connectivity index (χ2n) is 9.73. The van der Waals surface area contributed by atoms with Crippen LogP contribution in [0.2, 0.25) is 0 Å². The predicted molar refractivity (Wildman–Crippen MR) is 125 cm³/mol. The summed E-state index contributed by atoms with van der Waals surface area (Å²) < 4.78 is 2.34. The Labute approximate surface area is 193 Å². The van der Waals surface area contributed by atoms with Gasteiger partial charge in [-0.3, -0.25) is 9.69 Å². The Balaban J connectivity index is 1.24. The van der Waals surface area contributed by atoms with Gasteiger partial charge in [0.05, 0.1) is 12.1 Å². The highest BCUT2D eigenvalue weighted by Crippen LogP contribution is 2.39. The van der Waals surface area contributed by atoms with Crippen molar-refractivity contribution >= 4 is 22.2 Å². The zero-order valence-corrected chi connectivity index (χ0v) is 19.7. The van der Waals surface area contributed by atoms with Crippen LogP contribution >= 0.6 is 11.3 Å². The van der Waals surface area contributed by atoms with E-state index in [9.17, 15) is 10.1 Å². The van der Waals surface area contributed by atoms with Crippen LogP contribution in [0.1, 0.15) is 79.0 Å². The molecule has 2 aromatic heterocycles. The maximum absolute atomic E-state index is 12.9. The molecule has 0 spiro atoms. The number of piperidine rings is 1. The van der Waals surface area contributed by atoms with Crippen LogP contribution in [-0.2, 0) is 30.6 Å². The molecule has 0 saturated carbocycles. The van der Waals surface area contributed by atoms with Gasteiger partial charge in [0.25, 0.3) is 0 Å². The van der Waals surface area contributed by atoms with Gasteiger partial charge in [-0.05, 0) is 63.0 Å². The van der Waals surface area contributed by atoms with Crippen molar-refractivity contribution < 1.29 is 4.79 Å². The Morgan fingerprint density at radius 3 is 2.97 bits per heavy atom. The van der Waals surface area contributed by atoms with E-state index in [4.69, 9.17) is 0 Å². The summed E-state index contributed by atoms with van der Waals surface area (Å²) in [7, 11) is 0. The first kappa shape index (κ1) is 21.6. The molecule has 0 radical (unpaired) electrons. The molecule has 8 heteroatoms. The van der Waals surface area contributed by atoms with Crippen LogP contribution in [0.4, 0.5) is 5.00 Å². The van der Waals surface area contributed by atoms with Gasteiger partial charge in [0.1, 0.15) is 22.7 Å². The molecule has 4 heterocycles. The fraction of sp³-hybridized carbons (Fsp3) is 0.667. The van der Waals surface area contributed by atoms with Crippen LogP contribution in [-0.4, -0.2) is 45.2 Å². The maximum Gasteiger partial charge on any atom is 0.239 e. The van der Waals surface area contributed by atoms with E-state index in [2.05, 4.69) is 38.0 Å². The van der Waals surface area contributed by atoms with Gasteiger partial charge in [-0.25, -0.2) is 0 Å². The summed E-state index contributed by atoms with van der Waals surface area (Å²) in [4.78, 5) is 16.4. The van der Waals surface area contributed by atoms with E-state index in [-0.39, 0.29) is 5.91 Å². The molecule has 2 aliphatic heterocycles. The minimum Gasteiger partial charge on any atom is -0.315 e. The molecule has 0 aromatic carbocycles. The molecule has 0 bridgehead atoms. The first-order chi connectivity index (χ1) is 15.6. The number of fused-ring (bicyclic) bond motifs is 2. The number of aryl methyl sites for hydroxylation is 1. The predicted octanol–water partition coefficient (Wildman–Crippen LogP) is 3.88. The second-order valence-corrected chi connectivity index (χ2v) is 10.8. The maximum atomic E-state index is 12.9. The highest BCUT2D eigenvalue weighted by atomic mass is 32.1. The molecule has 1 amide bonds. The number of hydrogen-bond donors (Lipinski definition) is 1. The molecule has 5 rings (SSSR count). The van der Waals surface area contributed by atoms with Crippen LogP contribution in [0.15, 0.2) is 0 Å². The molecular weight excluding hydrogens is 420 g/mol. The van der Waals surface area contributed by atoms with Gasteiger partial charge in [0.2, 0.25) is 5.91 Å². The number of hydrogen-bond acceptors (Lipinski definition) is 6. The summed E-state index contributed by atoms with van der Waals surface area (Å²) >= 11 is 1.60.